The lowest BCUT2D eigenvalue weighted by molar-refractivity contribution is -0.148. The average Bonchev–Trinajstić information content (AvgIpc) is 2.99. The Kier molecular flexibility index (Phi) is 4.71. The highest BCUT2D eigenvalue weighted by molar-refractivity contribution is 7.51. The van der Waals surface area contributed by atoms with Gasteiger partial charge in [0, 0.05) is 30.7 Å². The summed E-state index contributed by atoms with van der Waals surface area (Å²) in [6, 6.07) is 5.53. The van der Waals surface area contributed by atoms with Gasteiger partial charge in [-0.15, -0.1) is 0 Å². The summed E-state index contributed by atoms with van der Waals surface area (Å²) >= 11 is 0. The van der Waals surface area contributed by atoms with Crippen LogP contribution >= 0.6 is 7.60 Å². The maximum Gasteiger partial charge on any atom is 0.325 e. The third kappa shape index (κ3) is 3.35. The molecule has 0 radical (unpaired) electrons. The fourth-order valence-electron chi connectivity index (χ4n) is 3.81. The van der Waals surface area contributed by atoms with Crippen molar-refractivity contribution in [3.05, 3.63) is 29.3 Å². The summed E-state index contributed by atoms with van der Waals surface area (Å²) in [7, 11) is -4.08. The van der Waals surface area contributed by atoms with Crippen LogP contribution in [0.1, 0.15) is 30.4 Å². The number of esters is 1. The van der Waals surface area contributed by atoms with Gasteiger partial charge in [0.25, 0.3) is 0 Å². The number of benzene rings is 1. The van der Waals surface area contributed by atoms with Gasteiger partial charge < -0.3 is 24.4 Å². The van der Waals surface area contributed by atoms with Crippen molar-refractivity contribution in [3.8, 4) is 5.75 Å². The molecular weight excluding hydrogens is 335 g/mol. The second-order valence-corrected chi connectivity index (χ2v) is 8.16. The van der Waals surface area contributed by atoms with E-state index in [4.69, 9.17) is 19.3 Å². The topological polar surface area (TPSA) is 113 Å². The molecule has 7 nitrogen and oxygen atoms in total. The van der Waals surface area contributed by atoms with Crippen LogP contribution in [0.5, 0.6) is 5.75 Å². The van der Waals surface area contributed by atoms with Crippen LogP contribution < -0.4 is 4.74 Å². The summed E-state index contributed by atoms with van der Waals surface area (Å²) in [5, 5.41) is 9.75. The molecule has 4 atom stereocenters. The molecule has 24 heavy (non-hydrogen) atoms. The highest BCUT2D eigenvalue weighted by atomic mass is 31.2. The Bertz CT molecular complexity index is 683. The van der Waals surface area contributed by atoms with Crippen LogP contribution in [-0.2, 0) is 20.5 Å². The molecule has 1 aromatic rings. The van der Waals surface area contributed by atoms with E-state index in [0.29, 0.717) is 12.2 Å². The van der Waals surface area contributed by atoms with Crippen molar-refractivity contribution in [2.24, 2.45) is 5.92 Å². The Morgan fingerprint density at radius 2 is 2.17 bits per heavy atom. The third-order valence-corrected chi connectivity index (χ3v) is 5.57. The number of carbonyl (C=O) groups excluding carboxylic acids is 1. The number of carbonyl (C=O) groups is 1. The molecule has 132 valence electrons. The highest BCUT2D eigenvalue weighted by Crippen LogP contribution is 2.52. The minimum Gasteiger partial charge on any atom is -0.489 e. The number of rotatable bonds is 5. The van der Waals surface area contributed by atoms with Gasteiger partial charge in [0.1, 0.15) is 18.0 Å². The molecule has 8 heteroatoms. The first kappa shape index (κ1) is 17.4. The van der Waals surface area contributed by atoms with Gasteiger partial charge in [-0.2, -0.15) is 0 Å². The Morgan fingerprint density at radius 3 is 2.79 bits per heavy atom. The zero-order valence-electron chi connectivity index (χ0n) is 13.3. The predicted octanol–water partition coefficient (Wildman–Crippen LogP) is 1.20. The molecule has 1 aliphatic carbocycles. The van der Waals surface area contributed by atoms with Crippen molar-refractivity contribution in [1.29, 1.82) is 0 Å². The summed E-state index contributed by atoms with van der Waals surface area (Å²) in [6.45, 7) is 1.23. The highest BCUT2D eigenvalue weighted by Gasteiger charge is 2.51. The summed E-state index contributed by atoms with van der Waals surface area (Å²) in [4.78, 5) is 29.4. The Morgan fingerprint density at radius 1 is 1.42 bits per heavy atom. The Balaban J connectivity index is 1.85. The van der Waals surface area contributed by atoms with E-state index in [-0.39, 0.29) is 49.2 Å². The Labute approximate surface area is 139 Å². The smallest absolute Gasteiger partial charge is 0.325 e. The van der Waals surface area contributed by atoms with Gasteiger partial charge in [-0.1, -0.05) is 18.2 Å². The zero-order valence-corrected chi connectivity index (χ0v) is 14.2. The molecular formula is C16H21O7P. The average molecular weight is 356 g/mol. The lowest BCUT2D eigenvalue weighted by Gasteiger charge is -2.21. The van der Waals surface area contributed by atoms with E-state index in [1.54, 1.807) is 6.07 Å². The maximum atomic E-state index is 11.2. The lowest BCUT2D eigenvalue weighted by atomic mass is 9.87. The molecule has 0 saturated heterocycles. The van der Waals surface area contributed by atoms with Crippen LogP contribution in [0.3, 0.4) is 0 Å². The molecule has 1 saturated carbocycles. The van der Waals surface area contributed by atoms with Gasteiger partial charge in [0.15, 0.2) is 0 Å². The molecule has 1 fully saturated rings. The van der Waals surface area contributed by atoms with Gasteiger partial charge in [0.2, 0.25) is 0 Å². The molecule has 0 amide bonds. The van der Waals surface area contributed by atoms with Gasteiger partial charge >= 0.3 is 13.6 Å². The quantitative estimate of drug-likeness (QED) is 0.536. The number of para-hydroxylation sites is 1. The fraction of sp³-hybridized carbons (Fsp3) is 0.562. The third-order valence-electron chi connectivity index (χ3n) is 4.76. The Hall–Kier alpha value is -1.40. The minimum atomic E-state index is -4.08. The van der Waals surface area contributed by atoms with Gasteiger partial charge in [-0.25, -0.2) is 0 Å². The second-order valence-electron chi connectivity index (χ2n) is 6.39. The molecule has 0 spiro atoms. The van der Waals surface area contributed by atoms with Crippen molar-refractivity contribution in [3.63, 3.8) is 0 Å². The summed E-state index contributed by atoms with van der Waals surface area (Å²) in [5.74, 6) is -0.0451. The molecule has 3 rings (SSSR count). The first-order valence-electron chi connectivity index (χ1n) is 7.91. The molecule has 1 heterocycles. The summed E-state index contributed by atoms with van der Waals surface area (Å²) < 4.78 is 22.4. The molecule has 0 bridgehead atoms. The fourth-order valence-corrected chi connectivity index (χ4v) is 4.35. The van der Waals surface area contributed by atoms with Crippen molar-refractivity contribution in [1.82, 2.24) is 0 Å². The second kappa shape index (κ2) is 6.48. The van der Waals surface area contributed by atoms with Crippen molar-refractivity contribution in [2.45, 2.75) is 37.9 Å². The van der Waals surface area contributed by atoms with E-state index in [1.807, 2.05) is 12.1 Å². The van der Waals surface area contributed by atoms with Crippen LogP contribution in [0.25, 0.3) is 0 Å². The normalized spacial score (nSPS) is 28.2. The largest absolute Gasteiger partial charge is 0.489 e. The monoisotopic (exact) mass is 356 g/mol. The van der Waals surface area contributed by atoms with E-state index >= 15 is 0 Å². The first-order valence-corrected chi connectivity index (χ1v) is 9.71. The number of aliphatic hydroxyl groups is 1. The van der Waals surface area contributed by atoms with Crippen molar-refractivity contribution in [2.75, 3.05) is 12.8 Å². The first-order chi connectivity index (χ1) is 11.3. The minimum absolute atomic E-state index is 0.0793. The van der Waals surface area contributed by atoms with Crippen LogP contribution in [-0.4, -0.2) is 45.8 Å². The lowest BCUT2D eigenvalue weighted by Crippen LogP contribution is -2.26. The zero-order chi connectivity index (χ0) is 17.5. The number of fused-ring (bicyclic) bond motifs is 3. The molecule has 0 unspecified atom stereocenters. The van der Waals surface area contributed by atoms with Gasteiger partial charge in [-0.05, 0) is 12.0 Å². The number of aliphatic hydroxyl groups excluding tert-OH is 1. The molecule has 2 aliphatic rings. The molecule has 0 aromatic heterocycles. The van der Waals surface area contributed by atoms with Crippen LogP contribution in [0.15, 0.2) is 18.2 Å². The van der Waals surface area contributed by atoms with E-state index in [2.05, 4.69) is 0 Å². The summed E-state index contributed by atoms with van der Waals surface area (Å²) in [6.07, 6.45) is -0.0829. The van der Waals surface area contributed by atoms with Crippen LogP contribution in [0.2, 0.25) is 0 Å². The van der Waals surface area contributed by atoms with Crippen molar-refractivity contribution < 1.29 is 33.7 Å². The standard InChI is InChI=1S/C16H21O7P/c1-9(18)22-13-7-14-15(12(13)8-17)11-4-2-3-10(16(11)23-14)5-6-24(19,20)21/h2-4,12-15,17H,5-8H2,1H3,(H2,19,20,21)/t12-,13+,14-,15+/m0/s1. The SMILES string of the molecule is CC(=O)O[C@@H]1C[C@@H]2Oc3c(CCP(=O)(O)O)cccc3[C@@H]2[C@H]1CO. The number of aryl methyl sites for hydroxylation is 1. The predicted molar refractivity (Wildman–Crippen MR) is 85.0 cm³/mol. The van der Waals surface area contributed by atoms with E-state index in [1.165, 1.54) is 6.92 Å². The van der Waals surface area contributed by atoms with E-state index in [0.717, 1.165) is 11.1 Å². The number of ether oxygens (including phenoxy) is 2. The van der Waals surface area contributed by atoms with E-state index < -0.39 is 7.60 Å². The number of hydrogen-bond acceptors (Lipinski definition) is 5. The molecule has 1 aliphatic heterocycles. The maximum absolute atomic E-state index is 11.2. The molecule has 3 N–H and O–H groups in total. The number of hydrogen-bond donors (Lipinski definition) is 3. The van der Waals surface area contributed by atoms with Crippen molar-refractivity contribution >= 4 is 13.6 Å². The molecule has 1 aromatic carbocycles. The van der Waals surface area contributed by atoms with E-state index in [9.17, 15) is 14.5 Å². The summed E-state index contributed by atoms with van der Waals surface area (Å²) in [5.41, 5.74) is 1.67. The van der Waals surface area contributed by atoms with Crippen LogP contribution in [0.4, 0.5) is 0 Å². The van der Waals surface area contributed by atoms with Crippen LogP contribution in [0, 0.1) is 5.92 Å². The van der Waals surface area contributed by atoms with Gasteiger partial charge in [0.05, 0.1) is 12.8 Å². The van der Waals surface area contributed by atoms with Gasteiger partial charge in [-0.3, -0.25) is 9.36 Å².